The van der Waals surface area contributed by atoms with Crippen LogP contribution >= 0.6 is 45.2 Å². The van der Waals surface area contributed by atoms with Gasteiger partial charge in [-0.15, -0.1) is 0 Å². The lowest BCUT2D eigenvalue weighted by Gasteiger charge is -2.11. The Bertz CT molecular complexity index is 528. The molecule has 1 N–H and O–H groups in total. The predicted molar refractivity (Wildman–Crippen MR) is 75.1 cm³/mol. The Morgan fingerprint density at radius 2 is 1.84 bits per heavy atom. The first-order valence-corrected chi connectivity index (χ1v) is 6.75. The van der Waals surface area contributed by atoms with Crippen molar-refractivity contribution in [1.82, 2.24) is 0 Å². The maximum absolute atomic E-state index is 12.0. The molecule has 0 saturated carbocycles. The molecule has 4 nitrogen and oxygen atoms in total. The van der Waals surface area contributed by atoms with Crippen LogP contribution in [-0.2, 0) is 4.79 Å². The number of benzene rings is 1. The maximum Gasteiger partial charge on any atom is 0.399 e. The van der Waals surface area contributed by atoms with Crippen LogP contribution in [0.5, 0.6) is 5.75 Å². The Hall–Kier alpha value is -0.590. The minimum atomic E-state index is -4.70. The standard InChI is InChI=1S/C10H5F3I2O4/c11-10(12,13)3-7(16)19-8-5(9(17)18)1-4(14)2-6(8)15/h1-2H,3H2,(H,17,18). The summed E-state index contributed by atoms with van der Waals surface area (Å²) in [5.41, 5.74) is -0.355. The van der Waals surface area contributed by atoms with Crippen molar-refractivity contribution in [2.24, 2.45) is 0 Å². The fourth-order valence-electron chi connectivity index (χ4n) is 1.14. The second kappa shape index (κ2) is 6.24. The molecule has 0 atom stereocenters. The molecule has 0 fully saturated rings. The first-order valence-electron chi connectivity index (χ1n) is 4.60. The number of alkyl halides is 3. The minimum Gasteiger partial charge on any atom is -0.478 e. The van der Waals surface area contributed by atoms with Crippen LogP contribution in [0.3, 0.4) is 0 Å². The predicted octanol–water partition coefficient (Wildman–Crippen LogP) is 3.45. The molecule has 1 rings (SSSR count). The summed E-state index contributed by atoms with van der Waals surface area (Å²) in [6.45, 7) is 0. The summed E-state index contributed by atoms with van der Waals surface area (Å²) >= 11 is 3.54. The number of hydrogen-bond acceptors (Lipinski definition) is 3. The van der Waals surface area contributed by atoms with Crippen molar-refractivity contribution in [3.63, 3.8) is 0 Å². The maximum atomic E-state index is 12.0. The summed E-state index contributed by atoms with van der Waals surface area (Å²) in [4.78, 5) is 22.1. The third-order valence-electron chi connectivity index (χ3n) is 1.80. The molecule has 1 aromatic rings. The number of ether oxygens (including phenoxy) is 1. The van der Waals surface area contributed by atoms with Gasteiger partial charge in [-0.25, -0.2) is 4.79 Å². The molecule has 0 unspecified atom stereocenters. The van der Waals surface area contributed by atoms with Crippen molar-refractivity contribution < 1.29 is 32.6 Å². The summed E-state index contributed by atoms with van der Waals surface area (Å²) in [7, 11) is 0. The number of rotatable bonds is 3. The largest absolute Gasteiger partial charge is 0.478 e. The minimum absolute atomic E-state index is 0.248. The van der Waals surface area contributed by atoms with Gasteiger partial charge in [0.25, 0.3) is 0 Å². The zero-order valence-corrected chi connectivity index (χ0v) is 13.2. The Morgan fingerprint density at radius 3 is 2.32 bits per heavy atom. The molecule has 0 aromatic heterocycles. The average molecular weight is 500 g/mol. The highest BCUT2D eigenvalue weighted by atomic mass is 127. The average Bonchev–Trinajstić information content (AvgIpc) is 2.18. The summed E-state index contributed by atoms with van der Waals surface area (Å²) in [6.07, 6.45) is -6.47. The number of halogens is 5. The molecule has 0 aliphatic carbocycles. The van der Waals surface area contributed by atoms with Gasteiger partial charge in [-0.3, -0.25) is 4.79 Å². The normalized spacial score (nSPS) is 11.2. The van der Waals surface area contributed by atoms with Crippen LogP contribution in [-0.4, -0.2) is 23.2 Å². The number of carboxylic acid groups (broad SMARTS) is 1. The molecule has 0 aliphatic rings. The highest BCUT2D eigenvalue weighted by Crippen LogP contribution is 2.30. The van der Waals surface area contributed by atoms with E-state index in [1.165, 1.54) is 12.1 Å². The Kier molecular flexibility index (Phi) is 5.41. The first kappa shape index (κ1) is 16.5. The lowest BCUT2D eigenvalue weighted by atomic mass is 10.2. The fraction of sp³-hybridized carbons (Fsp3) is 0.200. The van der Waals surface area contributed by atoms with Crippen LogP contribution in [0, 0.1) is 7.14 Å². The molecular weight excluding hydrogens is 495 g/mol. The van der Waals surface area contributed by atoms with Crippen LogP contribution < -0.4 is 4.74 Å². The Balaban J connectivity index is 3.07. The molecule has 0 saturated heterocycles. The highest BCUT2D eigenvalue weighted by molar-refractivity contribution is 14.1. The number of esters is 1. The number of carboxylic acids is 1. The van der Waals surface area contributed by atoms with E-state index in [9.17, 15) is 22.8 Å². The van der Waals surface area contributed by atoms with Crippen molar-refractivity contribution in [2.75, 3.05) is 0 Å². The van der Waals surface area contributed by atoms with Gasteiger partial charge in [0.05, 0.1) is 3.57 Å². The molecule has 0 aliphatic heterocycles. The van der Waals surface area contributed by atoms with E-state index in [1.807, 2.05) is 22.6 Å². The zero-order chi connectivity index (χ0) is 14.8. The number of carbonyl (C=O) groups excluding carboxylic acids is 1. The van der Waals surface area contributed by atoms with Gasteiger partial charge in [0, 0.05) is 3.57 Å². The molecule has 104 valence electrons. The van der Waals surface area contributed by atoms with E-state index in [-0.39, 0.29) is 14.9 Å². The Morgan fingerprint density at radius 1 is 1.26 bits per heavy atom. The van der Waals surface area contributed by atoms with E-state index in [4.69, 9.17) is 5.11 Å². The second-order valence-corrected chi connectivity index (χ2v) is 5.74. The third kappa shape index (κ3) is 5.12. The van der Waals surface area contributed by atoms with Gasteiger partial charge >= 0.3 is 18.1 Å². The van der Waals surface area contributed by atoms with E-state index in [0.717, 1.165) is 0 Å². The van der Waals surface area contributed by atoms with Gasteiger partial charge in [0.15, 0.2) is 5.75 Å². The zero-order valence-electron chi connectivity index (χ0n) is 8.92. The monoisotopic (exact) mass is 500 g/mol. The van der Waals surface area contributed by atoms with Crippen LogP contribution in [0.15, 0.2) is 12.1 Å². The van der Waals surface area contributed by atoms with Gasteiger partial charge in [-0.05, 0) is 57.3 Å². The van der Waals surface area contributed by atoms with Gasteiger partial charge in [-0.1, -0.05) is 0 Å². The molecular formula is C10H5F3I2O4. The molecule has 19 heavy (non-hydrogen) atoms. The summed E-state index contributed by atoms with van der Waals surface area (Å²) in [5, 5.41) is 8.94. The van der Waals surface area contributed by atoms with Gasteiger partial charge in [0.2, 0.25) is 0 Å². The van der Waals surface area contributed by atoms with Crippen LogP contribution in [0.2, 0.25) is 0 Å². The topological polar surface area (TPSA) is 63.6 Å². The van der Waals surface area contributed by atoms with Crippen molar-refractivity contribution in [1.29, 1.82) is 0 Å². The quantitative estimate of drug-likeness (QED) is 0.393. The number of aromatic carboxylic acids is 1. The summed E-state index contributed by atoms with van der Waals surface area (Å²) in [6, 6.07) is 2.70. The lowest BCUT2D eigenvalue weighted by molar-refractivity contribution is -0.164. The molecule has 1 aromatic carbocycles. The SMILES string of the molecule is O=C(CC(F)(F)F)Oc1c(I)cc(I)cc1C(=O)O. The van der Waals surface area contributed by atoms with Crippen LogP contribution in [0.4, 0.5) is 13.2 Å². The van der Waals surface area contributed by atoms with Crippen molar-refractivity contribution in [2.45, 2.75) is 12.6 Å². The van der Waals surface area contributed by atoms with Crippen LogP contribution in [0.1, 0.15) is 16.8 Å². The molecule has 0 spiro atoms. The van der Waals surface area contributed by atoms with Crippen LogP contribution in [0.25, 0.3) is 0 Å². The Labute approximate surface area is 132 Å². The van der Waals surface area contributed by atoms with E-state index in [1.54, 1.807) is 22.6 Å². The lowest BCUT2D eigenvalue weighted by Crippen LogP contribution is -2.20. The summed E-state index contributed by atoms with van der Waals surface area (Å²) < 4.78 is 41.4. The first-order chi connectivity index (χ1) is 8.60. The molecule has 0 heterocycles. The van der Waals surface area contributed by atoms with Gasteiger partial charge < -0.3 is 9.84 Å². The molecule has 0 radical (unpaired) electrons. The van der Waals surface area contributed by atoms with E-state index in [0.29, 0.717) is 3.57 Å². The molecule has 9 heteroatoms. The van der Waals surface area contributed by atoms with E-state index < -0.39 is 24.5 Å². The fourth-order valence-corrected chi connectivity index (χ4v) is 3.09. The van der Waals surface area contributed by atoms with Crippen molar-refractivity contribution in [3.8, 4) is 5.75 Å². The van der Waals surface area contributed by atoms with Crippen molar-refractivity contribution in [3.05, 3.63) is 24.8 Å². The van der Waals surface area contributed by atoms with E-state index in [2.05, 4.69) is 4.74 Å². The molecule has 0 amide bonds. The van der Waals surface area contributed by atoms with Crippen molar-refractivity contribution >= 4 is 57.1 Å². The highest BCUT2D eigenvalue weighted by Gasteiger charge is 2.33. The van der Waals surface area contributed by atoms with Gasteiger partial charge in [-0.2, -0.15) is 13.2 Å². The smallest absolute Gasteiger partial charge is 0.399 e. The number of hydrogen-bond donors (Lipinski definition) is 1. The molecule has 0 bridgehead atoms. The van der Waals surface area contributed by atoms with Gasteiger partial charge in [0.1, 0.15) is 12.0 Å². The number of carbonyl (C=O) groups is 2. The van der Waals surface area contributed by atoms with E-state index >= 15 is 0 Å². The third-order valence-corrected chi connectivity index (χ3v) is 3.22. The second-order valence-electron chi connectivity index (χ2n) is 3.34. The summed E-state index contributed by atoms with van der Waals surface area (Å²) in [5.74, 6) is -3.30.